The average Bonchev–Trinajstić information content (AvgIpc) is 2.72. The van der Waals surface area contributed by atoms with E-state index in [1.165, 1.54) is 30.5 Å². The van der Waals surface area contributed by atoms with Crippen LogP contribution in [0.5, 0.6) is 0 Å². The van der Waals surface area contributed by atoms with Crippen LogP contribution in [0, 0.1) is 11.3 Å². The van der Waals surface area contributed by atoms with Crippen LogP contribution in [0.2, 0.25) is 0 Å². The number of nitrogens with one attached hydrogen (secondary N) is 1. The van der Waals surface area contributed by atoms with Crippen LogP contribution >= 0.6 is 0 Å². The molecule has 136 valence electrons. The maximum Gasteiger partial charge on any atom is 0.167 e. The highest BCUT2D eigenvalue weighted by molar-refractivity contribution is 5.59. The number of benzene rings is 1. The van der Waals surface area contributed by atoms with Crippen LogP contribution in [-0.2, 0) is 19.4 Å². The van der Waals surface area contributed by atoms with Crippen molar-refractivity contribution in [1.29, 1.82) is 5.26 Å². The molecule has 1 fully saturated rings. The Morgan fingerprint density at radius 3 is 2.54 bits per heavy atom. The molecule has 1 aliphatic heterocycles. The zero-order valence-corrected chi connectivity index (χ0v) is 15.8. The Kier molecular flexibility index (Phi) is 6.06. The molecule has 1 aliphatic rings. The Morgan fingerprint density at radius 1 is 1.08 bits per heavy atom. The molecule has 5 nitrogen and oxygen atoms in total. The first-order valence-electron chi connectivity index (χ1n) is 9.63. The molecule has 0 aliphatic carbocycles. The summed E-state index contributed by atoms with van der Waals surface area (Å²) in [4.78, 5) is 2.47. The Hall–Kier alpha value is -2.61. The van der Waals surface area contributed by atoms with E-state index in [0.717, 1.165) is 37.2 Å². The standard InChI is InChI=1S/C21H27N5/c1-3-17-18(14-22)21(25-24-19(17)4-2)23-15-16-10-6-7-11-20(16)26-12-8-5-9-13-26/h6-7,10-11H,3-5,8-9,12-13,15H2,1-2H3,(H,23,25). The second-order valence-electron chi connectivity index (χ2n) is 6.70. The molecule has 3 rings (SSSR count). The van der Waals surface area contributed by atoms with Gasteiger partial charge in [-0.15, -0.1) is 5.10 Å². The summed E-state index contributed by atoms with van der Waals surface area (Å²) in [6, 6.07) is 10.8. The quantitative estimate of drug-likeness (QED) is 0.851. The highest BCUT2D eigenvalue weighted by atomic mass is 15.2. The third-order valence-electron chi connectivity index (χ3n) is 5.09. The number of hydrogen-bond acceptors (Lipinski definition) is 5. The summed E-state index contributed by atoms with van der Waals surface area (Å²) in [5.41, 5.74) is 5.08. The largest absolute Gasteiger partial charge is 0.371 e. The van der Waals surface area contributed by atoms with Gasteiger partial charge in [0.1, 0.15) is 11.6 Å². The lowest BCUT2D eigenvalue weighted by Gasteiger charge is -2.30. The number of hydrogen-bond donors (Lipinski definition) is 1. The fourth-order valence-electron chi connectivity index (χ4n) is 3.70. The van der Waals surface area contributed by atoms with E-state index in [1.807, 2.05) is 6.92 Å². The molecule has 1 saturated heterocycles. The molecular weight excluding hydrogens is 322 g/mol. The van der Waals surface area contributed by atoms with Gasteiger partial charge < -0.3 is 10.2 Å². The highest BCUT2D eigenvalue weighted by Crippen LogP contribution is 2.26. The van der Waals surface area contributed by atoms with E-state index < -0.39 is 0 Å². The van der Waals surface area contributed by atoms with Crippen molar-refractivity contribution >= 4 is 11.5 Å². The van der Waals surface area contributed by atoms with Crippen LogP contribution in [0.1, 0.15) is 55.5 Å². The summed E-state index contributed by atoms with van der Waals surface area (Å²) in [7, 11) is 0. The van der Waals surface area contributed by atoms with Crippen molar-refractivity contribution in [3.05, 3.63) is 46.6 Å². The van der Waals surface area contributed by atoms with Crippen molar-refractivity contribution in [3.8, 4) is 6.07 Å². The zero-order chi connectivity index (χ0) is 18.4. The maximum atomic E-state index is 9.64. The van der Waals surface area contributed by atoms with Gasteiger partial charge in [-0.25, -0.2) is 0 Å². The average molecular weight is 349 g/mol. The Morgan fingerprint density at radius 2 is 1.85 bits per heavy atom. The van der Waals surface area contributed by atoms with Gasteiger partial charge in [-0.3, -0.25) is 0 Å². The number of anilines is 2. The van der Waals surface area contributed by atoms with Crippen molar-refractivity contribution in [1.82, 2.24) is 10.2 Å². The minimum atomic E-state index is 0.593. The van der Waals surface area contributed by atoms with Crippen LogP contribution in [0.25, 0.3) is 0 Å². The predicted molar refractivity (Wildman–Crippen MR) is 105 cm³/mol. The smallest absolute Gasteiger partial charge is 0.167 e. The first-order chi connectivity index (χ1) is 12.8. The molecule has 1 aromatic heterocycles. The third-order valence-corrected chi connectivity index (χ3v) is 5.09. The molecule has 0 unspecified atom stereocenters. The summed E-state index contributed by atoms with van der Waals surface area (Å²) in [6.07, 6.45) is 5.42. The molecule has 5 heteroatoms. The number of para-hydroxylation sites is 1. The van der Waals surface area contributed by atoms with E-state index in [1.54, 1.807) is 0 Å². The van der Waals surface area contributed by atoms with Crippen LogP contribution in [0.3, 0.4) is 0 Å². The van der Waals surface area contributed by atoms with Gasteiger partial charge in [0, 0.05) is 25.3 Å². The van der Waals surface area contributed by atoms with E-state index in [2.05, 4.69) is 57.7 Å². The Balaban J connectivity index is 1.83. The lowest BCUT2D eigenvalue weighted by molar-refractivity contribution is 0.576. The van der Waals surface area contributed by atoms with Crippen molar-refractivity contribution in [2.24, 2.45) is 0 Å². The van der Waals surface area contributed by atoms with Crippen molar-refractivity contribution in [2.45, 2.75) is 52.5 Å². The van der Waals surface area contributed by atoms with E-state index in [9.17, 15) is 5.26 Å². The number of rotatable bonds is 6. The summed E-state index contributed by atoms with van der Waals surface area (Å²) in [5.74, 6) is 0.593. The third kappa shape index (κ3) is 3.80. The number of nitrogens with zero attached hydrogens (tertiary/aromatic N) is 4. The molecule has 26 heavy (non-hydrogen) atoms. The fourth-order valence-corrected chi connectivity index (χ4v) is 3.70. The lowest BCUT2D eigenvalue weighted by Crippen LogP contribution is -2.30. The first-order valence-corrected chi connectivity index (χ1v) is 9.63. The molecule has 0 amide bonds. The number of nitriles is 1. The summed E-state index contributed by atoms with van der Waals surface area (Å²) in [5, 5.41) is 21.6. The molecule has 2 aromatic rings. The summed E-state index contributed by atoms with van der Waals surface area (Å²) < 4.78 is 0. The monoisotopic (exact) mass is 349 g/mol. The van der Waals surface area contributed by atoms with E-state index in [-0.39, 0.29) is 0 Å². The Bertz CT molecular complexity index is 787. The molecule has 0 bridgehead atoms. The zero-order valence-electron chi connectivity index (χ0n) is 15.8. The van der Waals surface area contributed by atoms with Gasteiger partial charge in [0.05, 0.1) is 5.69 Å². The molecule has 1 aromatic carbocycles. The Labute approximate surface area is 156 Å². The normalized spacial score (nSPS) is 14.1. The van der Waals surface area contributed by atoms with Gasteiger partial charge in [0.25, 0.3) is 0 Å². The van der Waals surface area contributed by atoms with E-state index in [0.29, 0.717) is 17.9 Å². The number of aryl methyl sites for hydroxylation is 1. The molecule has 0 radical (unpaired) electrons. The summed E-state index contributed by atoms with van der Waals surface area (Å²) >= 11 is 0. The minimum Gasteiger partial charge on any atom is -0.371 e. The van der Waals surface area contributed by atoms with Crippen LogP contribution in [0.15, 0.2) is 24.3 Å². The molecule has 0 saturated carbocycles. The predicted octanol–water partition coefficient (Wildman–Crippen LogP) is 4.08. The molecular formula is C21H27N5. The second kappa shape index (κ2) is 8.66. The number of aromatic nitrogens is 2. The van der Waals surface area contributed by atoms with Crippen LogP contribution in [0.4, 0.5) is 11.5 Å². The first kappa shape index (κ1) is 18.2. The van der Waals surface area contributed by atoms with Crippen LogP contribution < -0.4 is 10.2 Å². The van der Waals surface area contributed by atoms with Gasteiger partial charge in [-0.1, -0.05) is 32.0 Å². The van der Waals surface area contributed by atoms with Crippen LogP contribution in [-0.4, -0.2) is 23.3 Å². The minimum absolute atomic E-state index is 0.593. The fraction of sp³-hybridized carbons (Fsp3) is 0.476. The van der Waals surface area contributed by atoms with Crippen molar-refractivity contribution in [2.75, 3.05) is 23.3 Å². The van der Waals surface area contributed by atoms with E-state index >= 15 is 0 Å². The highest BCUT2D eigenvalue weighted by Gasteiger charge is 2.16. The summed E-state index contributed by atoms with van der Waals surface area (Å²) in [6.45, 7) is 6.99. The van der Waals surface area contributed by atoms with E-state index in [4.69, 9.17) is 0 Å². The molecule has 0 atom stereocenters. The van der Waals surface area contributed by atoms with Gasteiger partial charge in [0.2, 0.25) is 0 Å². The molecule has 2 heterocycles. The van der Waals surface area contributed by atoms with Crippen molar-refractivity contribution < 1.29 is 0 Å². The lowest BCUT2D eigenvalue weighted by atomic mass is 10.0. The molecule has 0 spiro atoms. The van der Waals surface area contributed by atoms with Gasteiger partial charge in [-0.2, -0.15) is 10.4 Å². The maximum absolute atomic E-state index is 9.64. The second-order valence-corrected chi connectivity index (χ2v) is 6.70. The van der Waals surface area contributed by atoms with Gasteiger partial charge in [0.15, 0.2) is 5.82 Å². The SMILES string of the molecule is CCc1nnc(NCc2ccccc2N2CCCCC2)c(C#N)c1CC. The van der Waals surface area contributed by atoms with Gasteiger partial charge >= 0.3 is 0 Å². The van der Waals surface area contributed by atoms with Gasteiger partial charge in [-0.05, 0) is 49.3 Å². The number of piperidine rings is 1. The van der Waals surface area contributed by atoms with Crippen molar-refractivity contribution in [3.63, 3.8) is 0 Å². The topological polar surface area (TPSA) is 64.8 Å². The molecule has 1 N–H and O–H groups in total.